The quantitative estimate of drug-likeness (QED) is 0.0133. The van der Waals surface area contributed by atoms with Crippen LogP contribution in [0.4, 0.5) is 0 Å². The maximum atomic E-state index is 14.2. The third kappa shape index (κ3) is 26.5. The Hall–Kier alpha value is -9.08. The number of aromatic nitrogens is 1. The lowest BCUT2D eigenvalue weighted by atomic mass is 9.97. The van der Waals surface area contributed by atoms with Gasteiger partial charge in [-0.25, -0.2) is 4.79 Å². The summed E-state index contributed by atoms with van der Waals surface area (Å²) in [6.07, 6.45) is -0.726. The fourth-order valence-electron chi connectivity index (χ4n) is 8.91. The number of para-hydroxylation sites is 1. The number of hydrogen-bond acceptors (Lipinski definition) is 17. The van der Waals surface area contributed by atoms with Crippen LogP contribution < -0.4 is 75.7 Å². The first-order valence-electron chi connectivity index (χ1n) is 29.6. The van der Waals surface area contributed by atoms with Crippen molar-refractivity contribution in [1.29, 1.82) is 5.41 Å². The first-order chi connectivity index (χ1) is 42.6. The van der Waals surface area contributed by atoms with E-state index in [1.807, 2.05) is 0 Å². The Balaban J connectivity index is 2.38. The molecule has 0 saturated carbocycles. The minimum absolute atomic E-state index is 0.0669. The van der Waals surface area contributed by atoms with E-state index in [2.05, 4.69) is 76.1 Å². The number of benzene rings is 1. The number of guanidine groups is 1. The second-order valence-corrected chi connectivity index (χ2v) is 22.8. The molecule has 0 aliphatic rings. The fraction of sp³-hybridized carbons (Fsp3) is 0.596. The molecule has 1 aromatic heterocycles. The Kier molecular flexibility index (Phi) is 33.0. The Labute approximate surface area is 531 Å². The van der Waals surface area contributed by atoms with Gasteiger partial charge >= 0.3 is 17.9 Å². The minimum atomic E-state index is -1.97. The lowest BCUT2D eigenvalue weighted by Crippen LogP contribution is -2.62. The van der Waals surface area contributed by atoms with Gasteiger partial charge in [0.05, 0.1) is 12.5 Å². The van der Waals surface area contributed by atoms with Crippen LogP contribution in [0.3, 0.4) is 0 Å². The van der Waals surface area contributed by atoms with E-state index in [4.69, 9.17) is 27.7 Å². The van der Waals surface area contributed by atoms with Gasteiger partial charge in [-0.15, -0.1) is 0 Å². The molecule has 13 atom stereocenters. The smallest absolute Gasteiger partial charge is 0.326 e. The molecule has 0 spiro atoms. The molecule has 0 radical (unpaired) electrons. The molecule has 34 heteroatoms. The van der Waals surface area contributed by atoms with Gasteiger partial charge in [0.15, 0.2) is 5.96 Å². The number of aliphatic carboxylic acids is 3. The molecule has 2 rings (SSSR count). The van der Waals surface area contributed by atoms with E-state index < -0.39 is 199 Å². The van der Waals surface area contributed by atoms with E-state index >= 15 is 0 Å². The molecular formula is C57H90N16O17S. The molecule has 506 valence electrons. The molecule has 0 saturated heterocycles. The van der Waals surface area contributed by atoms with Crippen molar-refractivity contribution in [1.82, 2.24) is 63.5 Å². The van der Waals surface area contributed by atoms with E-state index in [0.29, 0.717) is 22.9 Å². The second kappa shape index (κ2) is 38.5. The van der Waals surface area contributed by atoms with Crippen LogP contribution in [0.2, 0.25) is 0 Å². The summed E-state index contributed by atoms with van der Waals surface area (Å²) in [6.45, 7) is 12.2. The number of thiol groups is 1. The van der Waals surface area contributed by atoms with Crippen LogP contribution in [0.5, 0.6) is 0 Å². The summed E-state index contributed by atoms with van der Waals surface area (Å²) in [5.74, 6) is -17.6. The molecule has 0 unspecified atom stereocenters. The monoisotopic (exact) mass is 1300 g/mol. The molecule has 0 fully saturated rings. The Bertz CT molecular complexity index is 2930. The summed E-state index contributed by atoms with van der Waals surface area (Å²) in [5, 5.41) is 64.0. The Morgan fingerprint density at radius 2 is 1.01 bits per heavy atom. The van der Waals surface area contributed by atoms with E-state index in [-0.39, 0.29) is 44.6 Å². The Morgan fingerprint density at radius 1 is 0.538 bits per heavy atom. The lowest BCUT2D eigenvalue weighted by Gasteiger charge is -2.30. The van der Waals surface area contributed by atoms with Crippen molar-refractivity contribution in [2.24, 2.45) is 35.0 Å². The number of rotatable bonds is 41. The minimum Gasteiger partial charge on any atom is -0.481 e. The first-order valence-corrected chi connectivity index (χ1v) is 30.3. The summed E-state index contributed by atoms with van der Waals surface area (Å²) in [7, 11) is 0. The van der Waals surface area contributed by atoms with Crippen molar-refractivity contribution < 1.29 is 82.4 Å². The van der Waals surface area contributed by atoms with Crippen molar-refractivity contribution in [3.05, 3.63) is 36.0 Å². The zero-order chi connectivity index (χ0) is 69.0. The van der Waals surface area contributed by atoms with Gasteiger partial charge in [-0.05, 0) is 68.9 Å². The lowest BCUT2D eigenvalue weighted by molar-refractivity contribution is -0.144. The van der Waals surface area contributed by atoms with E-state index in [9.17, 15) is 77.3 Å². The number of primary amides is 1. The zero-order valence-corrected chi connectivity index (χ0v) is 53.1. The van der Waals surface area contributed by atoms with Crippen LogP contribution >= 0.6 is 12.6 Å². The summed E-state index contributed by atoms with van der Waals surface area (Å²) in [6, 6.07) is -9.30. The van der Waals surface area contributed by atoms with Gasteiger partial charge < -0.3 is 96.0 Å². The standard InChI is InChI=1S/C57H90N16O17S/c1-9-27(5)44(72-50(83)35(16-13-21-62-57(60)61)66-47(80)30(8)64-46(79)29(7)65-48(81)33(58)17-20-41(75)76)55(88)70-39(25-91)53(86)71-43(26(3)4)54(87)69-38(23-42(77)78)51(84)67-36(18-19-40(59)74)49(82)68-37(52(85)73-45(56(89)90)28(6)10-2)22-31-24-63-34-15-12-11-14-32(31)34/h11-12,14-15,24,26-30,33,35-39,43-45,63,91H,9-10,13,16-23,25,58H2,1-8H3,(H2,59,74)(H,64,79)(H,65,81)(H,66,80)(H,67,84)(H,68,82)(H,69,87)(H,70,88)(H,71,86)(H,72,83)(H,73,85)(H,75,76)(H,77,78)(H,89,90)(H4,60,61,62)/t27-,28-,29-,30-,33-,35-,36-,37-,38-,39-,43-,44-,45-/m0/s1. The maximum Gasteiger partial charge on any atom is 0.326 e. The molecule has 11 amide bonds. The highest BCUT2D eigenvalue weighted by Gasteiger charge is 2.38. The predicted molar refractivity (Wildman–Crippen MR) is 333 cm³/mol. The van der Waals surface area contributed by atoms with Crippen LogP contribution in [0.15, 0.2) is 30.5 Å². The number of hydrogen-bond donors (Lipinski definition) is 20. The van der Waals surface area contributed by atoms with Crippen molar-refractivity contribution in [2.45, 2.75) is 186 Å². The first kappa shape index (κ1) is 78.0. The predicted octanol–water partition coefficient (Wildman–Crippen LogP) is -3.44. The number of carbonyl (C=O) groups is 14. The van der Waals surface area contributed by atoms with Crippen LogP contribution in [0, 0.1) is 23.2 Å². The number of carboxylic acids is 3. The SMILES string of the molecule is CC[C@H](C)[C@H](NC(=O)[C@H](Cc1c[nH]c2ccccc12)NC(=O)[C@H](CCC(N)=O)NC(=O)[C@H](CC(=O)O)NC(=O)[C@@H](NC(=O)[C@H](CS)NC(=O)[C@@H](NC(=O)[C@H](CCCNC(=N)N)NC(=O)[C@H](C)NC(=O)[C@H](C)NC(=O)[C@@H](N)CCC(=O)O)[C@@H](C)CC)C(C)C)C(=O)O. The second-order valence-electron chi connectivity index (χ2n) is 22.4. The van der Waals surface area contributed by atoms with Gasteiger partial charge in [-0.2, -0.15) is 12.6 Å². The average Bonchev–Trinajstić information content (AvgIpc) is 1.88. The van der Waals surface area contributed by atoms with Gasteiger partial charge in [0.25, 0.3) is 0 Å². The molecule has 0 aliphatic carbocycles. The number of amides is 11. The number of fused-ring (bicyclic) bond motifs is 1. The van der Waals surface area contributed by atoms with Crippen molar-refractivity contribution in [3.63, 3.8) is 0 Å². The van der Waals surface area contributed by atoms with E-state index in [1.165, 1.54) is 27.7 Å². The van der Waals surface area contributed by atoms with E-state index in [1.54, 1.807) is 58.2 Å². The largest absolute Gasteiger partial charge is 0.481 e. The molecule has 91 heavy (non-hydrogen) atoms. The van der Waals surface area contributed by atoms with E-state index in [0.717, 1.165) is 0 Å². The molecular weight excluding hydrogens is 1210 g/mol. The molecule has 2 aromatic rings. The Morgan fingerprint density at radius 3 is 1.57 bits per heavy atom. The van der Waals surface area contributed by atoms with Crippen LogP contribution in [0.25, 0.3) is 10.9 Å². The summed E-state index contributed by atoms with van der Waals surface area (Å²) in [5.41, 5.74) is 17.8. The third-order valence-electron chi connectivity index (χ3n) is 14.8. The number of carboxylic acid groups (broad SMARTS) is 3. The number of H-pyrrole nitrogens is 1. The maximum absolute atomic E-state index is 14.2. The average molecular weight is 1300 g/mol. The topological polar surface area (TPSA) is 550 Å². The van der Waals surface area contributed by atoms with Gasteiger partial charge in [0.1, 0.15) is 60.4 Å². The fourth-order valence-corrected chi connectivity index (χ4v) is 9.16. The highest BCUT2D eigenvalue weighted by molar-refractivity contribution is 7.80. The normalized spacial score (nSPS) is 15.4. The van der Waals surface area contributed by atoms with Gasteiger partial charge in [-0.3, -0.25) is 67.7 Å². The van der Waals surface area contributed by atoms with Crippen LogP contribution in [-0.2, 0) is 73.5 Å². The highest BCUT2D eigenvalue weighted by Crippen LogP contribution is 2.20. The number of nitrogens with two attached hydrogens (primary N) is 3. The number of carbonyl (C=O) groups excluding carboxylic acids is 11. The third-order valence-corrected chi connectivity index (χ3v) is 15.2. The van der Waals surface area contributed by atoms with Crippen molar-refractivity contribution >= 4 is 112 Å². The number of nitrogens with one attached hydrogen (secondary N) is 13. The molecule has 1 aromatic carbocycles. The van der Waals surface area contributed by atoms with Crippen molar-refractivity contribution in [2.75, 3.05) is 12.3 Å². The summed E-state index contributed by atoms with van der Waals surface area (Å²) < 4.78 is 0. The van der Waals surface area contributed by atoms with Gasteiger partial charge in [0, 0.05) is 48.7 Å². The summed E-state index contributed by atoms with van der Waals surface area (Å²) >= 11 is 4.25. The molecule has 22 N–H and O–H groups in total. The molecule has 33 nitrogen and oxygen atoms in total. The molecule has 0 bridgehead atoms. The van der Waals surface area contributed by atoms with Crippen LogP contribution in [-0.4, -0.2) is 188 Å². The molecule has 0 aliphatic heterocycles. The van der Waals surface area contributed by atoms with Gasteiger partial charge in [0.2, 0.25) is 65.0 Å². The van der Waals surface area contributed by atoms with Crippen molar-refractivity contribution in [3.8, 4) is 0 Å². The van der Waals surface area contributed by atoms with Gasteiger partial charge in [-0.1, -0.05) is 72.6 Å². The zero-order valence-electron chi connectivity index (χ0n) is 52.2. The van der Waals surface area contributed by atoms with Crippen LogP contribution in [0.1, 0.15) is 119 Å². The highest BCUT2D eigenvalue weighted by atomic mass is 32.1. The molecule has 1 heterocycles. The number of aromatic amines is 1. The summed E-state index contributed by atoms with van der Waals surface area (Å²) in [4.78, 5) is 188.